The number of benzene rings is 2. The summed E-state index contributed by atoms with van der Waals surface area (Å²) in [6.45, 7) is 9.93. The van der Waals surface area contributed by atoms with Crippen LogP contribution in [0.3, 0.4) is 0 Å². The summed E-state index contributed by atoms with van der Waals surface area (Å²) in [4.78, 5) is 32.8. The number of nitrogens with zero attached hydrogens (tertiary/aromatic N) is 4. The van der Waals surface area contributed by atoms with Gasteiger partial charge in [-0.1, -0.05) is 42.8 Å². The molecule has 2 amide bonds. The second-order valence-electron chi connectivity index (χ2n) is 17.0. The molecular formula is C44H57N5O6S. The van der Waals surface area contributed by atoms with Crippen LogP contribution in [0.4, 0.5) is 5.69 Å². The van der Waals surface area contributed by atoms with Gasteiger partial charge < -0.3 is 23.7 Å². The lowest BCUT2D eigenvalue weighted by molar-refractivity contribution is 0.0131. The average Bonchev–Trinajstić information content (AvgIpc) is 3.46. The smallest absolute Gasteiger partial charge is 0.286 e. The fourth-order valence-electron chi connectivity index (χ4n) is 9.61. The Hall–Kier alpha value is -3.97. The zero-order chi connectivity index (χ0) is 39.0. The Morgan fingerprint density at radius 1 is 1.12 bits per heavy atom. The molecule has 11 nitrogen and oxygen atoms in total. The van der Waals surface area contributed by atoms with Gasteiger partial charge in [-0.3, -0.25) is 19.2 Å². The van der Waals surface area contributed by atoms with E-state index in [9.17, 15) is 13.8 Å². The number of anilines is 1. The van der Waals surface area contributed by atoms with Crippen molar-refractivity contribution < 1.29 is 28.0 Å². The van der Waals surface area contributed by atoms with Crippen molar-refractivity contribution in [2.24, 2.45) is 29.2 Å². The third-order valence-electron chi connectivity index (χ3n) is 12.8. The molecule has 1 spiro atoms. The summed E-state index contributed by atoms with van der Waals surface area (Å²) in [6, 6.07) is 14.1. The van der Waals surface area contributed by atoms with Gasteiger partial charge in [0, 0.05) is 69.8 Å². The maximum absolute atomic E-state index is 14.8. The van der Waals surface area contributed by atoms with Crippen LogP contribution >= 0.6 is 0 Å². The van der Waals surface area contributed by atoms with Crippen molar-refractivity contribution in [2.75, 3.05) is 63.8 Å². The van der Waals surface area contributed by atoms with Gasteiger partial charge >= 0.3 is 0 Å². The van der Waals surface area contributed by atoms with Gasteiger partial charge in [-0.05, 0) is 98.6 Å². The van der Waals surface area contributed by atoms with E-state index in [4.69, 9.17) is 14.2 Å². The fraction of sp³-hybridized carbons (Fsp3) is 0.545. The maximum Gasteiger partial charge on any atom is 0.286 e. The number of aromatic nitrogens is 1. The van der Waals surface area contributed by atoms with Gasteiger partial charge in [0.2, 0.25) is 0 Å². The van der Waals surface area contributed by atoms with Gasteiger partial charge in [0.25, 0.3) is 11.8 Å². The van der Waals surface area contributed by atoms with E-state index in [1.807, 2.05) is 36.7 Å². The van der Waals surface area contributed by atoms with Crippen LogP contribution in [-0.2, 0) is 44.8 Å². The van der Waals surface area contributed by atoms with Gasteiger partial charge in [0.15, 0.2) is 0 Å². The SMILES string of the molecule is CO[C@H]1/C=C/C[C@H](C)CS(=O)(NC(=O)c2cc(CN3CCOCC3)n(C)c2)=NC(=O)c2ccc3c(c2)N(C[C@@H]2CC[C@H]21)C[C@@]1(CCCc2cc(C)ccc21)CO3. The molecule has 8 rings (SSSR count). The monoisotopic (exact) mass is 783 g/mol. The fourth-order valence-corrected chi connectivity index (χ4v) is 11.5. The number of morpholine rings is 1. The second kappa shape index (κ2) is 16.1. The first-order chi connectivity index (χ1) is 27.0. The number of methoxy groups -OCH3 is 1. The van der Waals surface area contributed by atoms with Crippen molar-refractivity contribution >= 4 is 27.4 Å². The predicted molar refractivity (Wildman–Crippen MR) is 219 cm³/mol. The van der Waals surface area contributed by atoms with Crippen LogP contribution in [-0.4, -0.2) is 90.5 Å². The summed E-state index contributed by atoms with van der Waals surface area (Å²) < 4.78 is 42.2. The molecule has 4 heterocycles. The highest BCUT2D eigenvalue weighted by Crippen LogP contribution is 2.47. The molecule has 6 atom stereocenters. The van der Waals surface area contributed by atoms with Crippen molar-refractivity contribution in [3.8, 4) is 5.75 Å². The molecule has 2 aliphatic carbocycles. The summed E-state index contributed by atoms with van der Waals surface area (Å²) in [7, 11) is 0.146. The summed E-state index contributed by atoms with van der Waals surface area (Å²) >= 11 is 0. The van der Waals surface area contributed by atoms with Crippen molar-refractivity contribution in [3.63, 3.8) is 0 Å². The Labute approximate surface area is 332 Å². The Morgan fingerprint density at radius 3 is 2.75 bits per heavy atom. The first-order valence-corrected chi connectivity index (χ1v) is 22.1. The van der Waals surface area contributed by atoms with E-state index in [0.29, 0.717) is 55.7 Å². The minimum Gasteiger partial charge on any atom is -0.490 e. The minimum absolute atomic E-state index is 0.0214. The molecule has 12 heteroatoms. The average molecular weight is 784 g/mol. The van der Waals surface area contributed by atoms with E-state index >= 15 is 0 Å². The zero-order valence-corrected chi connectivity index (χ0v) is 34.2. The number of hydrogen-bond acceptors (Lipinski definition) is 8. The van der Waals surface area contributed by atoms with Gasteiger partial charge in [0.05, 0.1) is 42.9 Å². The Morgan fingerprint density at radius 2 is 1.96 bits per heavy atom. The Kier molecular flexibility index (Phi) is 11.2. The molecule has 5 aliphatic rings. The van der Waals surface area contributed by atoms with E-state index in [-0.39, 0.29) is 23.2 Å². The highest BCUT2D eigenvalue weighted by atomic mass is 32.2. The maximum atomic E-state index is 14.8. The number of carbonyl (C=O) groups excluding carboxylic acids is 2. The van der Waals surface area contributed by atoms with Crippen LogP contribution in [0.5, 0.6) is 5.75 Å². The number of ether oxygens (including phenoxy) is 3. The molecule has 2 aromatic carbocycles. The lowest BCUT2D eigenvalue weighted by atomic mass is 9.68. The summed E-state index contributed by atoms with van der Waals surface area (Å²) in [5.74, 6) is 0.242. The standard InChI is InChI=1S/C44H57N5O6S/c1-30-10-14-38-32(21-30)8-6-16-44(38)28-49-25-34-11-13-37(34)40(53-4)9-5-7-31(2)27-56(52,45-42(50)33-12-15-41(55-29-44)39(49)23-33)46-43(51)35-22-36(47(3)24-35)26-48-17-19-54-20-18-48/h5,9-10,12,14-15,21-24,31,34,37,40H,6-8,11,13,16-20,25-29H2,1-4H3,(H,45,46,50,51,52)/b9-5+/t31-,34-,37+,40-,44-,56?/m0/s1. The molecule has 56 heavy (non-hydrogen) atoms. The quantitative estimate of drug-likeness (QED) is 0.303. The molecule has 3 aliphatic heterocycles. The highest BCUT2D eigenvalue weighted by molar-refractivity contribution is 7.92. The lowest BCUT2D eigenvalue weighted by Crippen LogP contribution is -2.49. The van der Waals surface area contributed by atoms with E-state index < -0.39 is 21.7 Å². The van der Waals surface area contributed by atoms with Crippen molar-refractivity contribution in [3.05, 3.63) is 94.3 Å². The number of allylic oxidation sites excluding steroid dienone is 1. The first-order valence-electron chi connectivity index (χ1n) is 20.4. The van der Waals surface area contributed by atoms with Crippen molar-refractivity contribution in [2.45, 2.75) is 70.4 Å². The predicted octanol–water partition coefficient (Wildman–Crippen LogP) is 6.23. The van der Waals surface area contributed by atoms with Gasteiger partial charge in [-0.25, -0.2) is 4.21 Å². The second-order valence-corrected chi connectivity index (χ2v) is 19.0. The van der Waals surface area contributed by atoms with E-state index in [1.165, 1.54) is 16.7 Å². The first kappa shape index (κ1) is 38.9. The summed E-state index contributed by atoms with van der Waals surface area (Å²) in [6.07, 6.45) is 11.9. The van der Waals surface area contributed by atoms with Crippen molar-refractivity contribution in [1.29, 1.82) is 0 Å². The van der Waals surface area contributed by atoms with E-state index in [2.05, 4.69) is 56.2 Å². The highest BCUT2D eigenvalue weighted by Gasteiger charge is 2.44. The normalized spacial score (nSPS) is 30.2. The summed E-state index contributed by atoms with van der Waals surface area (Å²) in [5, 5.41) is 0. The third-order valence-corrected chi connectivity index (χ3v) is 14.8. The molecule has 1 saturated heterocycles. The number of rotatable bonds is 5. The Bertz CT molecular complexity index is 2120. The van der Waals surface area contributed by atoms with Crippen LogP contribution in [0.25, 0.3) is 0 Å². The molecule has 2 fully saturated rings. The largest absolute Gasteiger partial charge is 0.490 e. The van der Waals surface area contributed by atoms with Gasteiger partial charge in [-0.2, -0.15) is 0 Å². The number of fused-ring (bicyclic) bond motifs is 4. The molecule has 1 unspecified atom stereocenters. The van der Waals surface area contributed by atoms with Gasteiger partial charge in [-0.15, -0.1) is 4.36 Å². The van der Waals surface area contributed by atoms with Crippen LogP contribution in [0.1, 0.15) is 82.1 Å². The topological polar surface area (TPSA) is 115 Å². The third kappa shape index (κ3) is 8.08. The van der Waals surface area contributed by atoms with E-state index in [1.54, 1.807) is 19.4 Å². The molecule has 1 N–H and O–H groups in total. The number of carbonyl (C=O) groups is 2. The van der Waals surface area contributed by atoms with Gasteiger partial charge in [0.1, 0.15) is 15.7 Å². The lowest BCUT2D eigenvalue weighted by Gasteiger charge is -2.46. The Balaban J connectivity index is 1.14. The molecule has 3 aromatic rings. The van der Waals surface area contributed by atoms with Crippen LogP contribution in [0.2, 0.25) is 0 Å². The van der Waals surface area contributed by atoms with Crippen molar-refractivity contribution in [1.82, 2.24) is 14.2 Å². The van der Waals surface area contributed by atoms with Crippen LogP contribution in [0, 0.1) is 24.7 Å². The van der Waals surface area contributed by atoms with E-state index in [0.717, 1.165) is 75.4 Å². The minimum atomic E-state index is -3.54. The molecular weight excluding hydrogens is 727 g/mol. The molecule has 2 bridgehead atoms. The zero-order valence-electron chi connectivity index (χ0n) is 33.3. The number of hydrogen-bond donors (Lipinski definition) is 1. The summed E-state index contributed by atoms with van der Waals surface area (Å²) in [5.41, 5.74) is 6.34. The molecule has 0 radical (unpaired) electrons. The number of amides is 2. The molecule has 1 aromatic heterocycles. The molecule has 300 valence electrons. The van der Waals surface area contributed by atoms with Crippen LogP contribution in [0.15, 0.2) is 65.2 Å². The number of aryl methyl sites for hydroxylation is 3. The number of nitrogens with one attached hydrogen (secondary N) is 1. The van der Waals surface area contributed by atoms with Crippen LogP contribution < -0.4 is 14.4 Å². The molecule has 1 saturated carbocycles.